The first kappa shape index (κ1) is 13.6. The van der Waals surface area contributed by atoms with Gasteiger partial charge in [-0.15, -0.1) is 0 Å². The van der Waals surface area contributed by atoms with Crippen molar-refractivity contribution in [1.29, 1.82) is 5.26 Å². The van der Waals surface area contributed by atoms with Crippen molar-refractivity contribution in [2.45, 2.75) is 13.3 Å². The SMILES string of the molecule is Cc1ccc(CCN(C)C(=O)C2(C#N)COC2)cc1. The summed E-state index contributed by atoms with van der Waals surface area (Å²) in [6.07, 6.45) is 0.797. The number of hydrogen-bond donors (Lipinski definition) is 0. The topological polar surface area (TPSA) is 53.3 Å². The molecule has 19 heavy (non-hydrogen) atoms. The zero-order chi connectivity index (χ0) is 13.9. The minimum atomic E-state index is -0.942. The van der Waals surface area contributed by atoms with Crippen LogP contribution in [0.3, 0.4) is 0 Å². The number of nitriles is 1. The summed E-state index contributed by atoms with van der Waals surface area (Å²) in [7, 11) is 1.74. The number of aryl methyl sites for hydroxylation is 1. The Morgan fingerprint density at radius 3 is 2.53 bits per heavy atom. The second-order valence-corrected chi connectivity index (χ2v) is 5.15. The van der Waals surface area contributed by atoms with E-state index in [2.05, 4.69) is 30.3 Å². The minimum absolute atomic E-state index is 0.131. The van der Waals surface area contributed by atoms with Crippen LogP contribution in [0.4, 0.5) is 0 Å². The van der Waals surface area contributed by atoms with E-state index in [1.54, 1.807) is 11.9 Å². The highest BCUT2D eigenvalue weighted by atomic mass is 16.5. The molecule has 100 valence electrons. The molecule has 0 saturated carbocycles. The fourth-order valence-electron chi connectivity index (χ4n) is 2.06. The number of rotatable bonds is 4. The van der Waals surface area contributed by atoms with E-state index in [4.69, 9.17) is 10.00 Å². The molecule has 1 aliphatic heterocycles. The van der Waals surface area contributed by atoms with Gasteiger partial charge in [0.15, 0.2) is 5.41 Å². The van der Waals surface area contributed by atoms with Crippen molar-refractivity contribution < 1.29 is 9.53 Å². The lowest BCUT2D eigenvalue weighted by atomic mass is 9.86. The molecule has 0 bridgehead atoms. The monoisotopic (exact) mass is 258 g/mol. The summed E-state index contributed by atoms with van der Waals surface area (Å²) in [4.78, 5) is 13.8. The second-order valence-electron chi connectivity index (χ2n) is 5.15. The summed E-state index contributed by atoms with van der Waals surface area (Å²) in [5.41, 5.74) is 1.48. The van der Waals surface area contributed by atoms with E-state index in [0.29, 0.717) is 6.54 Å². The third-order valence-corrected chi connectivity index (χ3v) is 3.52. The van der Waals surface area contributed by atoms with Gasteiger partial charge >= 0.3 is 0 Å². The molecule has 0 spiro atoms. The quantitative estimate of drug-likeness (QED) is 0.823. The first-order chi connectivity index (χ1) is 9.07. The van der Waals surface area contributed by atoms with Gasteiger partial charge in [0.2, 0.25) is 5.91 Å². The van der Waals surface area contributed by atoms with E-state index in [-0.39, 0.29) is 19.1 Å². The van der Waals surface area contributed by atoms with Gasteiger partial charge in [0.25, 0.3) is 0 Å². The summed E-state index contributed by atoms with van der Waals surface area (Å²) in [6, 6.07) is 10.4. The molecule has 0 atom stereocenters. The largest absolute Gasteiger partial charge is 0.377 e. The molecule has 4 heteroatoms. The smallest absolute Gasteiger partial charge is 0.247 e. The maximum atomic E-state index is 12.2. The number of likely N-dealkylation sites (N-methyl/N-ethyl adjacent to an activating group) is 1. The summed E-state index contributed by atoms with van der Waals surface area (Å²) in [6.45, 7) is 3.10. The van der Waals surface area contributed by atoms with Gasteiger partial charge in [-0.1, -0.05) is 29.8 Å². The molecule has 0 N–H and O–H groups in total. The van der Waals surface area contributed by atoms with Gasteiger partial charge in [-0.05, 0) is 18.9 Å². The van der Waals surface area contributed by atoms with Gasteiger partial charge < -0.3 is 9.64 Å². The molecule has 1 aliphatic rings. The first-order valence-corrected chi connectivity index (χ1v) is 6.37. The molecule has 1 fully saturated rings. The van der Waals surface area contributed by atoms with E-state index < -0.39 is 5.41 Å². The van der Waals surface area contributed by atoms with Gasteiger partial charge in [0, 0.05) is 13.6 Å². The molecule has 1 amide bonds. The van der Waals surface area contributed by atoms with Gasteiger partial charge in [-0.25, -0.2) is 0 Å². The third kappa shape index (κ3) is 2.77. The number of benzene rings is 1. The van der Waals surface area contributed by atoms with Crippen LogP contribution in [-0.2, 0) is 16.0 Å². The van der Waals surface area contributed by atoms with Gasteiger partial charge in [-0.2, -0.15) is 5.26 Å². The molecule has 0 aromatic heterocycles. The average Bonchev–Trinajstić information content (AvgIpc) is 2.37. The Bertz CT molecular complexity index is 498. The molecule has 0 radical (unpaired) electrons. The van der Waals surface area contributed by atoms with E-state index in [0.717, 1.165) is 6.42 Å². The normalized spacial score (nSPS) is 16.3. The van der Waals surface area contributed by atoms with Gasteiger partial charge in [0.05, 0.1) is 19.3 Å². The van der Waals surface area contributed by atoms with Crippen molar-refractivity contribution >= 4 is 5.91 Å². The van der Waals surface area contributed by atoms with Crippen molar-refractivity contribution in [2.75, 3.05) is 26.8 Å². The van der Waals surface area contributed by atoms with Crippen LogP contribution in [0.25, 0.3) is 0 Å². The molecule has 1 aromatic rings. The summed E-state index contributed by atoms with van der Waals surface area (Å²) in [5, 5.41) is 9.09. The predicted molar refractivity (Wildman–Crippen MR) is 71.4 cm³/mol. The van der Waals surface area contributed by atoms with Crippen LogP contribution < -0.4 is 0 Å². The van der Waals surface area contributed by atoms with Crippen LogP contribution in [0.1, 0.15) is 11.1 Å². The summed E-state index contributed by atoms with van der Waals surface area (Å²) in [5.74, 6) is -0.131. The predicted octanol–water partition coefficient (Wildman–Crippen LogP) is 1.54. The van der Waals surface area contributed by atoms with E-state index >= 15 is 0 Å². The molecule has 1 heterocycles. The van der Waals surface area contributed by atoms with Crippen LogP contribution in [0, 0.1) is 23.7 Å². The van der Waals surface area contributed by atoms with Crippen molar-refractivity contribution in [3.63, 3.8) is 0 Å². The fourth-order valence-corrected chi connectivity index (χ4v) is 2.06. The lowest BCUT2D eigenvalue weighted by Crippen LogP contribution is -2.53. The second kappa shape index (κ2) is 5.41. The van der Waals surface area contributed by atoms with Gasteiger partial charge in [0.1, 0.15) is 0 Å². The number of nitrogens with zero attached hydrogens (tertiary/aromatic N) is 2. The van der Waals surface area contributed by atoms with Crippen molar-refractivity contribution in [3.05, 3.63) is 35.4 Å². The highest BCUT2D eigenvalue weighted by Gasteiger charge is 2.47. The molecule has 4 nitrogen and oxygen atoms in total. The van der Waals surface area contributed by atoms with Crippen LogP contribution in [0.15, 0.2) is 24.3 Å². The lowest BCUT2D eigenvalue weighted by molar-refractivity contribution is -0.159. The van der Waals surface area contributed by atoms with Crippen molar-refractivity contribution in [1.82, 2.24) is 4.90 Å². The average molecular weight is 258 g/mol. The number of carbonyl (C=O) groups excluding carboxylic acids is 1. The molecule has 0 unspecified atom stereocenters. The third-order valence-electron chi connectivity index (χ3n) is 3.52. The number of amides is 1. The Labute approximate surface area is 113 Å². The van der Waals surface area contributed by atoms with E-state index in [1.807, 2.05) is 6.92 Å². The standard InChI is InChI=1S/C15H18N2O2/c1-12-3-5-13(6-4-12)7-8-17(2)14(18)15(9-16)10-19-11-15/h3-6H,7-8,10-11H2,1-2H3. The van der Waals surface area contributed by atoms with Crippen molar-refractivity contribution in [2.24, 2.45) is 5.41 Å². The van der Waals surface area contributed by atoms with Crippen LogP contribution in [0.5, 0.6) is 0 Å². The number of ether oxygens (including phenoxy) is 1. The molecule has 2 rings (SSSR count). The Hall–Kier alpha value is -1.86. The Kier molecular flexibility index (Phi) is 3.87. The zero-order valence-electron chi connectivity index (χ0n) is 11.3. The summed E-state index contributed by atoms with van der Waals surface area (Å²) < 4.78 is 5.01. The zero-order valence-corrected chi connectivity index (χ0v) is 11.3. The van der Waals surface area contributed by atoms with Gasteiger partial charge in [-0.3, -0.25) is 4.79 Å². The molecular weight excluding hydrogens is 240 g/mol. The highest BCUT2D eigenvalue weighted by Crippen LogP contribution is 2.28. The van der Waals surface area contributed by atoms with E-state index in [1.165, 1.54) is 11.1 Å². The van der Waals surface area contributed by atoms with Crippen molar-refractivity contribution in [3.8, 4) is 6.07 Å². The fraction of sp³-hybridized carbons (Fsp3) is 0.467. The Morgan fingerprint density at radius 1 is 1.42 bits per heavy atom. The molecule has 1 aromatic carbocycles. The number of hydrogen-bond acceptors (Lipinski definition) is 3. The molecular formula is C15H18N2O2. The van der Waals surface area contributed by atoms with Crippen LogP contribution in [-0.4, -0.2) is 37.6 Å². The maximum absolute atomic E-state index is 12.2. The molecule has 0 aliphatic carbocycles. The van der Waals surface area contributed by atoms with Crippen LogP contribution in [0.2, 0.25) is 0 Å². The molecule has 1 saturated heterocycles. The lowest BCUT2D eigenvalue weighted by Gasteiger charge is -2.36. The summed E-state index contributed by atoms with van der Waals surface area (Å²) >= 11 is 0. The van der Waals surface area contributed by atoms with Crippen LogP contribution >= 0.6 is 0 Å². The number of carbonyl (C=O) groups is 1. The minimum Gasteiger partial charge on any atom is -0.377 e. The first-order valence-electron chi connectivity index (χ1n) is 6.37. The highest BCUT2D eigenvalue weighted by molar-refractivity contribution is 5.86. The van der Waals surface area contributed by atoms with E-state index in [9.17, 15) is 4.79 Å². The Balaban J connectivity index is 1.91. The maximum Gasteiger partial charge on any atom is 0.247 e. The Morgan fingerprint density at radius 2 is 2.05 bits per heavy atom.